The van der Waals surface area contributed by atoms with E-state index in [1.54, 1.807) is 19.2 Å². The van der Waals surface area contributed by atoms with Crippen LogP contribution in [0.25, 0.3) is 0 Å². The zero-order valence-electron chi connectivity index (χ0n) is 17.6. The average Bonchev–Trinajstić information content (AvgIpc) is 3.16. The molecule has 0 saturated heterocycles. The number of thiocarbonyl (C=S) groups is 1. The van der Waals surface area contributed by atoms with Gasteiger partial charge in [-0.3, -0.25) is 4.79 Å². The molecular formula is C26H23N3O2S. The van der Waals surface area contributed by atoms with E-state index in [2.05, 4.69) is 10.3 Å². The van der Waals surface area contributed by atoms with Crippen molar-refractivity contribution in [1.29, 1.82) is 0 Å². The normalized spacial score (nSPS) is 10.5. The van der Waals surface area contributed by atoms with E-state index in [9.17, 15) is 4.79 Å². The zero-order chi connectivity index (χ0) is 22.5. The number of aromatic nitrogens is 1. The Bertz CT molecular complexity index is 1230. The van der Waals surface area contributed by atoms with Crippen LogP contribution in [0, 0.1) is 0 Å². The fourth-order valence-electron chi connectivity index (χ4n) is 3.50. The number of anilines is 3. The molecule has 4 N–H and O–H groups in total. The van der Waals surface area contributed by atoms with Crippen molar-refractivity contribution in [3.8, 4) is 5.75 Å². The molecule has 0 unspecified atom stereocenters. The molecule has 3 aromatic carbocycles. The van der Waals surface area contributed by atoms with Crippen LogP contribution in [0.3, 0.4) is 0 Å². The summed E-state index contributed by atoms with van der Waals surface area (Å²) in [7, 11) is 1.62. The number of benzene rings is 3. The molecule has 4 aromatic rings. The van der Waals surface area contributed by atoms with Gasteiger partial charge in [0, 0.05) is 22.5 Å². The topological polar surface area (TPSA) is 80.1 Å². The summed E-state index contributed by atoms with van der Waals surface area (Å²) in [5, 5.41) is 3.33. The van der Waals surface area contributed by atoms with E-state index in [1.807, 2.05) is 72.8 Å². The van der Waals surface area contributed by atoms with Gasteiger partial charge in [0.05, 0.1) is 18.4 Å². The van der Waals surface area contributed by atoms with Crippen LogP contribution in [0.4, 0.5) is 17.2 Å². The standard InChI is InChI=1S/C26H23N3O2S/c1-31-20-14-12-19(13-15-20)28-26-22(21(32)16-17-8-4-2-5-9-17)23(27)24(29-26)25(30)18-10-6-3-7-11-18/h2-15,28-29H,16,27H2,1H3. The van der Waals surface area contributed by atoms with E-state index in [-0.39, 0.29) is 5.78 Å². The Morgan fingerprint density at radius 3 is 2.22 bits per heavy atom. The number of carbonyl (C=O) groups excluding carboxylic acids is 1. The molecule has 0 fully saturated rings. The number of methoxy groups -OCH3 is 1. The van der Waals surface area contributed by atoms with E-state index in [1.165, 1.54) is 0 Å². The van der Waals surface area contributed by atoms with Crippen LogP contribution in [-0.2, 0) is 6.42 Å². The number of rotatable bonds is 8. The van der Waals surface area contributed by atoms with Gasteiger partial charge in [0.1, 0.15) is 17.3 Å². The van der Waals surface area contributed by atoms with Gasteiger partial charge in [-0.2, -0.15) is 0 Å². The van der Waals surface area contributed by atoms with Gasteiger partial charge in [-0.25, -0.2) is 0 Å². The molecule has 0 bridgehead atoms. The van der Waals surface area contributed by atoms with Gasteiger partial charge >= 0.3 is 0 Å². The van der Waals surface area contributed by atoms with Crippen LogP contribution in [0.1, 0.15) is 27.2 Å². The molecule has 0 spiro atoms. The Balaban J connectivity index is 1.73. The monoisotopic (exact) mass is 441 g/mol. The van der Waals surface area contributed by atoms with Crippen LogP contribution >= 0.6 is 12.2 Å². The Morgan fingerprint density at radius 2 is 1.59 bits per heavy atom. The number of nitrogens with one attached hydrogen (secondary N) is 2. The molecule has 6 heteroatoms. The third-order valence-corrected chi connectivity index (χ3v) is 5.50. The second-order valence-electron chi connectivity index (χ2n) is 7.30. The molecule has 160 valence electrons. The molecule has 0 radical (unpaired) electrons. The fourth-order valence-corrected chi connectivity index (χ4v) is 3.88. The summed E-state index contributed by atoms with van der Waals surface area (Å²) in [6.45, 7) is 0. The van der Waals surface area contributed by atoms with Crippen molar-refractivity contribution in [3.63, 3.8) is 0 Å². The van der Waals surface area contributed by atoms with Crippen LogP contribution in [0.2, 0.25) is 0 Å². The van der Waals surface area contributed by atoms with Gasteiger partial charge in [-0.05, 0) is 29.8 Å². The maximum absolute atomic E-state index is 13.2. The van der Waals surface area contributed by atoms with E-state index in [0.717, 1.165) is 17.0 Å². The number of H-pyrrole nitrogens is 1. The summed E-state index contributed by atoms with van der Waals surface area (Å²) >= 11 is 5.78. The number of nitrogen functional groups attached to an aromatic ring is 1. The Hall–Kier alpha value is -3.90. The summed E-state index contributed by atoms with van der Waals surface area (Å²) in [5.41, 5.74) is 10.2. The van der Waals surface area contributed by atoms with E-state index in [0.29, 0.717) is 39.6 Å². The lowest BCUT2D eigenvalue weighted by atomic mass is 10.0. The molecule has 1 heterocycles. The summed E-state index contributed by atoms with van der Waals surface area (Å²) in [6, 6.07) is 26.5. The summed E-state index contributed by atoms with van der Waals surface area (Å²) < 4.78 is 5.23. The smallest absolute Gasteiger partial charge is 0.211 e. The fraction of sp³-hybridized carbons (Fsp3) is 0.0769. The summed E-state index contributed by atoms with van der Waals surface area (Å²) in [4.78, 5) is 17.0. The first-order valence-corrected chi connectivity index (χ1v) is 10.6. The minimum atomic E-state index is -0.186. The number of hydrogen-bond donors (Lipinski definition) is 3. The van der Waals surface area contributed by atoms with Gasteiger partial charge in [0.15, 0.2) is 0 Å². The quantitative estimate of drug-likeness (QED) is 0.247. The predicted octanol–water partition coefficient (Wildman–Crippen LogP) is 5.54. The van der Waals surface area contributed by atoms with Crippen LogP contribution < -0.4 is 15.8 Å². The van der Waals surface area contributed by atoms with Gasteiger partial charge in [0.25, 0.3) is 0 Å². The van der Waals surface area contributed by atoms with Crippen molar-refractivity contribution in [2.24, 2.45) is 0 Å². The van der Waals surface area contributed by atoms with Gasteiger partial charge in [-0.1, -0.05) is 72.9 Å². The van der Waals surface area contributed by atoms with E-state index < -0.39 is 0 Å². The van der Waals surface area contributed by atoms with Crippen molar-refractivity contribution in [3.05, 3.63) is 107 Å². The van der Waals surface area contributed by atoms with Gasteiger partial charge < -0.3 is 20.8 Å². The first-order valence-electron chi connectivity index (χ1n) is 10.2. The maximum Gasteiger partial charge on any atom is 0.211 e. The van der Waals surface area contributed by atoms with E-state index >= 15 is 0 Å². The number of aromatic amines is 1. The van der Waals surface area contributed by atoms with Crippen molar-refractivity contribution in [2.75, 3.05) is 18.2 Å². The highest BCUT2D eigenvalue weighted by atomic mass is 32.1. The maximum atomic E-state index is 13.2. The minimum Gasteiger partial charge on any atom is -0.497 e. The molecule has 32 heavy (non-hydrogen) atoms. The first kappa shape index (κ1) is 21.3. The summed E-state index contributed by atoms with van der Waals surface area (Å²) in [6.07, 6.45) is 0.536. The number of ketones is 1. The second-order valence-corrected chi connectivity index (χ2v) is 7.79. The highest BCUT2D eigenvalue weighted by molar-refractivity contribution is 7.80. The predicted molar refractivity (Wildman–Crippen MR) is 133 cm³/mol. The molecular weight excluding hydrogens is 418 g/mol. The third kappa shape index (κ3) is 4.55. The molecule has 1 aromatic heterocycles. The van der Waals surface area contributed by atoms with Crippen molar-refractivity contribution < 1.29 is 9.53 Å². The molecule has 4 rings (SSSR count). The highest BCUT2D eigenvalue weighted by Gasteiger charge is 2.24. The third-order valence-electron chi connectivity index (χ3n) is 5.15. The summed E-state index contributed by atoms with van der Waals surface area (Å²) in [5.74, 6) is 1.16. The molecule has 0 atom stereocenters. The average molecular weight is 442 g/mol. The highest BCUT2D eigenvalue weighted by Crippen LogP contribution is 2.32. The SMILES string of the molecule is COc1ccc(Nc2[nH]c(C(=O)c3ccccc3)c(N)c2C(=S)Cc2ccccc2)cc1. The Morgan fingerprint density at radius 1 is 0.969 bits per heavy atom. The molecule has 0 amide bonds. The lowest BCUT2D eigenvalue weighted by molar-refractivity contribution is 0.103. The molecule has 0 aliphatic heterocycles. The van der Waals surface area contributed by atoms with Crippen molar-refractivity contribution in [2.45, 2.75) is 6.42 Å². The zero-order valence-corrected chi connectivity index (χ0v) is 18.4. The second kappa shape index (κ2) is 9.49. The lowest BCUT2D eigenvalue weighted by Gasteiger charge is -2.10. The Labute approximate surface area is 192 Å². The van der Waals surface area contributed by atoms with Crippen LogP contribution in [0.5, 0.6) is 5.75 Å². The Kier molecular flexibility index (Phi) is 6.33. The minimum absolute atomic E-state index is 0.186. The molecule has 0 aliphatic carbocycles. The van der Waals surface area contributed by atoms with Crippen molar-refractivity contribution >= 4 is 40.1 Å². The number of ether oxygens (including phenoxy) is 1. The molecule has 0 saturated carbocycles. The van der Waals surface area contributed by atoms with Gasteiger partial charge in [-0.15, -0.1) is 0 Å². The largest absolute Gasteiger partial charge is 0.497 e. The van der Waals surface area contributed by atoms with Crippen LogP contribution in [0.15, 0.2) is 84.9 Å². The molecule has 0 aliphatic rings. The molecule has 5 nitrogen and oxygen atoms in total. The van der Waals surface area contributed by atoms with Gasteiger partial charge in [0.2, 0.25) is 5.78 Å². The number of hydrogen-bond acceptors (Lipinski definition) is 5. The number of carbonyl (C=O) groups is 1. The van der Waals surface area contributed by atoms with Crippen LogP contribution in [-0.4, -0.2) is 22.7 Å². The number of nitrogens with two attached hydrogens (primary N) is 1. The first-order chi connectivity index (χ1) is 15.6. The van der Waals surface area contributed by atoms with E-state index in [4.69, 9.17) is 22.7 Å². The lowest BCUT2D eigenvalue weighted by Crippen LogP contribution is -2.08. The van der Waals surface area contributed by atoms with Crippen molar-refractivity contribution in [1.82, 2.24) is 4.98 Å².